The second kappa shape index (κ2) is 3.42. The number of hydrogen-bond donors (Lipinski definition) is 0. The quantitative estimate of drug-likeness (QED) is 0.484. The first kappa shape index (κ1) is 8.11. The Labute approximate surface area is 66.6 Å². The fraction of sp³-hybridized carbons (Fsp3) is 0.625. The molecule has 0 amide bonds. The van der Waals surface area contributed by atoms with E-state index in [1.54, 1.807) is 6.20 Å². The fourth-order valence-electron chi connectivity index (χ4n) is 0.945. The first-order valence-corrected chi connectivity index (χ1v) is 3.77. The van der Waals surface area contributed by atoms with E-state index in [1.807, 2.05) is 18.9 Å². The van der Waals surface area contributed by atoms with Gasteiger partial charge in [-0.25, -0.2) is 4.79 Å². The second-order valence-corrected chi connectivity index (χ2v) is 2.83. The van der Waals surface area contributed by atoms with Crippen molar-refractivity contribution in [3.63, 3.8) is 0 Å². The summed E-state index contributed by atoms with van der Waals surface area (Å²) in [6, 6.07) is 0. The molecule has 0 aromatic heterocycles. The van der Waals surface area contributed by atoms with E-state index in [0.717, 1.165) is 13.0 Å². The monoisotopic (exact) mass is 155 g/mol. The van der Waals surface area contributed by atoms with Crippen molar-refractivity contribution in [2.75, 3.05) is 13.6 Å². The van der Waals surface area contributed by atoms with E-state index in [9.17, 15) is 4.79 Å². The highest BCUT2D eigenvalue weighted by molar-refractivity contribution is 5.81. The predicted molar refractivity (Wildman–Crippen MR) is 41.9 cm³/mol. The van der Waals surface area contributed by atoms with Crippen LogP contribution in [0.1, 0.15) is 13.3 Å². The van der Waals surface area contributed by atoms with Crippen LogP contribution in [0, 0.1) is 0 Å². The number of hydrogen-bond acceptors (Lipinski definition) is 3. The normalized spacial score (nSPS) is 28.7. The van der Waals surface area contributed by atoms with E-state index in [-0.39, 0.29) is 12.1 Å². The van der Waals surface area contributed by atoms with Gasteiger partial charge in [0.1, 0.15) is 6.10 Å². The molecule has 1 aliphatic rings. The number of carbonyl (C=O) groups excluding carboxylic acids is 1. The van der Waals surface area contributed by atoms with E-state index >= 15 is 0 Å². The second-order valence-electron chi connectivity index (χ2n) is 2.83. The third kappa shape index (κ3) is 2.62. The summed E-state index contributed by atoms with van der Waals surface area (Å²) in [4.78, 5) is 12.8. The molecule has 1 aliphatic heterocycles. The van der Waals surface area contributed by atoms with E-state index in [0.29, 0.717) is 0 Å². The summed E-state index contributed by atoms with van der Waals surface area (Å²) in [5, 5.41) is 0. The molecule has 0 bridgehead atoms. The Hall–Kier alpha value is -0.990. The van der Waals surface area contributed by atoms with Crippen molar-refractivity contribution in [2.45, 2.75) is 19.4 Å². The smallest absolute Gasteiger partial charge is 0.332 e. The summed E-state index contributed by atoms with van der Waals surface area (Å²) in [5.74, 6) is -0.246. The van der Waals surface area contributed by atoms with Crippen LogP contribution in [0.4, 0.5) is 0 Å². The summed E-state index contributed by atoms with van der Waals surface area (Å²) in [5.41, 5.74) is 0. The van der Waals surface area contributed by atoms with Gasteiger partial charge in [-0.15, -0.1) is 0 Å². The van der Waals surface area contributed by atoms with Crippen LogP contribution in [0.3, 0.4) is 0 Å². The molecule has 0 N–H and O–H groups in total. The van der Waals surface area contributed by atoms with Gasteiger partial charge in [-0.2, -0.15) is 0 Å². The minimum Gasteiger partial charge on any atom is -0.459 e. The Morgan fingerprint density at radius 2 is 2.45 bits per heavy atom. The van der Waals surface area contributed by atoms with Gasteiger partial charge in [-0.1, -0.05) is 0 Å². The lowest BCUT2D eigenvalue weighted by atomic mass is 10.2. The molecule has 0 aliphatic carbocycles. The molecule has 1 atom stereocenters. The molecule has 1 rings (SSSR count). The van der Waals surface area contributed by atoms with Gasteiger partial charge < -0.3 is 9.64 Å². The molecule has 1 unspecified atom stereocenters. The number of ether oxygens (including phenoxy) is 1. The van der Waals surface area contributed by atoms with E-state index in [1.165, 1.54) is 6.08 Å². The lowest BCUT2D eigenvalue weighted by Gasteiger charge is -2.20. The van der Waals surface area contributed by atoms with Gasteiger partial charge in [0.15, 0.2) is 0 Å². The summed E-state index contributed by atoms with van der Waals surface area (Å²) in [6.45, 7) is 2.84. The molecule has 0 aromatic carbocycles. The molecule has 0 aromatic rings. The fourth-order valence-corrected chi connectivity index (χ4v) is 0.945. The molecular weight excluding hydrogens is 142 g/mol. The zero-order chi connectivity index (χ0) is 8.27. The molecular formula is C8H13NO2. The molecule has 0 radical (unpaired) electrons. The average molecular weight is 155 g/mol. The molecule has 0 spiro atoms. The third-order valence-corrected chi connectivity index (χ3v) is 1.67. The highest BCUT2D eigenvalue weighted by atomic mass is 16.5. The molecule has 11 heavy (non-hydrogen) atoms. The summed E-state index contributed by atoms with van der Waals surface area (Å²) < 4.78 is 4.99. The number of esters is 1. The summed E-state index contributed by atoms with van der Waals surface area (Å²) >= 11 is 0. The topological polar surface area (TPSA) is 29.5 Å². The van der Waals surface area contributed by atoms with Gasteiger partial charge in [-0.3, -0.25) is 0 Å². The van der Waals surface area contributed by atoms with Crippen LogP contribution in [0.15, 0.2) is 12.3 Å². The van der Waals surface area contributed by atoms with Crippen LogP contribution in [0.25, 0.3) is 0 Å². The minimum atomic E-state index is -0.246. The Balaban J connectivity index is 2.57. The van der Waals surface area contributed by atoms with Crippen molar-refractivity contribution < 1.29 is 9.53 Å². The van der Waals surface area contributed by atoms with Crippen LogP contribution in [-0.4, -0.2) is 30.6 Å². The van der Waals surface area contributed by atoms with Gasteiger partial charge in [0.05, 0.1) is 0 Å². The number of cyclic esters (lactones) is 1. The Bertz CT molecular complexity index is 177. The first-order chi connectivity index (χ1) is 5.18. The lowest BCUT2D eigenvalue weighted by molar-refractivity contribution is -0.142. The van der Waals surface area contributed by atoms with Gasteiger partial charge in [-0.05, 0) is 6.92 Å². The van der Waals surface area contributed by atoms with E-state index in [4.69, 9.17) is 4.74 Å². The maximum Gasteiger partial charge on any atom is 0.332 e. The molecule has 3 nitrogen and oxygen atoms in total. The number of rotatable bonds is 0. The predicted octanol–water partition coefficient (Wildman–Crippen LogP) is 0.767. The Morgan fingerprint density at radius 3 is 3.18 bits per heavy atom. The summed E-state index contributed by atoms with van der Waals surface area (Å²) in [7, 11) is 1.95. The van der Waals surface area contributed by atoms with Crippen molar-refractivity contribution in [3.8, 4) is 0 Å². The number of carbonyl (C=O) groups is 1. The van der Waals surface area contributed by atoms with Crippen molar-refractivity contribution in [1.82, 2.24) is 4.90 Å². The molecule has 0 saturated heterocycles. The van der Waals surface area contributed by atoms with Crippen LogP contribution in [0.5, 0.6) is 0 Å². The van der Waals surface area contributed by atoms with Crippen LogP contribution < -0.4 is 0 Å². The van der Waals surface area contributed by atoms with E-state index < -0.39 is 0 Å². The zero-order valence-corrected chi connectivity index (χ0v) is 6.91. The average Bonchev–Trinajstić information content (AvgIpc) is 1.95. The maximum atomic E-state index is 10.9. The molecule has 62 valence electrons. The van der Waals surface area contributed by atoms with Gasteiger partial charge >= 0.3 is 5.97 Å². The van der Waals surface area contributed by atoms with Crippen molar-refractivity contribution in [2.24, 2.45) is 0 Å². The lowest BCUT2D eigenvalue weighted by Crippen LogP contribution is -2.24. The molecule has 0 fully saturated rings. The molecule has 1 heterocycles. The summed E-state index contributed by atoms with van der Waals surface area (Å²) in [6.07, 6.45) is 4.13. The first-order valence-electron chi connectivity index (χ1n) is 3.77. The van der Waals surface area contributed by atoms with Gasteiger partial charge in [0.2, 0.25) is 0 Å². The largest absolute Gasteiger partial charge is 0.459 e. The highest BCUT2D eigenvalue weighted by Gasteiger charge is 2.09. The standard InChI is InChI=1S/C8H13NO2/c1-7-3-5-9(2)6-4-8(10)11-7/h4,6-7H,3,5H2,1-2H3/b6-4-. The highest BCUT2D eigenvalue weighted by Crippen LogP contribution is 2.03. The Morgan fingerprint density at radius 1 is 1.73 bits per heavy atom. The molecule has 0 saturated carbocycles. The van der Waals surface area contributed by atoms with Crippen molar-refractivity contribution in [1.29, 1.82) is 0 Å². The molecule has 3 heteroatoms. The van der Waals surface area contributed by atoms with Crippen LogP contribution >= 0.6 is 0 Å². The van der Waals surface area contributed by atoms with Crippen molar-refractivity contribution in [3.05, 3.63) is 12.3 Å². The third-order valence-electron chi connectivity index (χ3n) is 1.67. The van der Waals surface area contributed by atoms with Gasteiger partial charge in [0.25, 0.3) is 0 Å². The van der Waals surface area contributed by atoms with E-state index in [2.05, 4.69) is 0 Å². The Kier molecular flexibility index (Phi) is 2.52. The van der Waals surface area contributed by atoms with Crippen LogP contribution in [0.2, 0.25) is 0 Å². The van der Waals surface area contributed by atoms with Crippen molar-refractivity contribution >= 4 is 5.97 Å². The van der Waals surface area contributed by atoms with Gasteiger partial charge in [0, 0.05) is 32.3 Å². The SMILES string of the molecule is CC1CCN(C)/C=C\C(=O)O1. The maximum absolute atomic E-state index is 10.9. The van der Waals surface area contributed by atoms with Crippen LogP contribution in [-0.2, 0) is 9.53 Å². The number of nitrogens with zero attached hydrogens (tertiary/aromatic N) is 1. The zero-order valence-electron chi connectivity index (χ0n) is 6.91. The minimum absolute atomic E-state index is 0.0369.